The van der Waals surface area contributed by atoms with Gasteiger partial charge in [0.05, 0.1) is 10.8 Å². The molecule has 0 amide bonds. The fourth-order valence-electron chi connectivity index (χ4n) is 3.58. The molecule has 4 nitrogen and oxygen atoms in total. The summed E-state index contributed by atoms with van der Waals surface area (Å²) in [7, 11) is 0. The average molecular weight is 346 g/mol. The van der Waals surface area contributed by atoms with E-state index in [9.17, 15) is 20.4 Å². The van der Waals surface area contributed by atoms with Crippen LogP contribution < -0.4 is 0 Å². The Morgan fingerprint density at radius 2 is 0.923 bits per heavy atom. The molecule has 0 saturated heterocycles. The van der Waals surface area contributed by atoms with Crippen molar-refractivity contribution in [3.63, 3.8) is 0 Å². The highest BCUT2D eigenvalue weighted by atomic mass is 16.3. The Balaban J connectivity index is 2.04. The highest BCUT2D eigenvalue weighted by Gasteiger charge is 2.18. The third-order valence-corrected chi connectivity index (χ3v) is 4.72. The van der Waals surface area contributed by atoms with Crippen LogP contribution in [0.15, 0.2) is 48.5 Å². The summed E-state index contributed by atoms with van der Waals surface area (Å²) in [6, 6.07) is 13.9. The lowest BCUT2D eigenvalue weighted by molar-refractivity contribution is 0.459. The molecule has 4 N–H and O–H groups in total. The van der Waals surface area contributed by atoms with Gasteiger partial charge in [-0.1, -0.05) is 24.3 Å². The summed E-state index contributed by atoms with van der Waals surface area (Å²) in [6.45, 7) is 3.73. The molecular weight excluding hydrogens is 328 g/mol. The Hall–Kier alpha value is -3.40. The molecule has 0 bridgehead atoms. The molecule has 130 valence electrons. The number of aromatic hydroxyl groups is 4. The molecule has 26 heavy (non-hydrogen) atoms. The van der Waals surface area contributed by atoms with Crippen LogP contribution in [0.4, 0.5) is 0 Å². The number of phenols is 4. The highest BCUT2D eigenvalue weighted by molar-refractivity contribution is 6.04. The van der Waals surface area contributed by atoms with Crippen LogP contribution in [0.25, 0.3) is 32.7 Å². The topological polar surface area (TPSA) is 80.9 Å². The zero-order valence-electron chi connectivity index (χ0n) is 14.4. The van der Waals surface area contributed by atoms with Gasteiger partial charge in [-0.2, -0.15) is 0 Å². The van der Waals surface area contributed by atoms with Gasteiger partial charge in [-0.15, -0.1) is 0 Å². The van der Waals surface area contributed by atoms with Crippen molar-refractivity contribution in [3.05, 3.63) is 59.7 Å². The molecule has 4 rings (SSSR count). The summed E-state index contributed by atoms with van der Waals surface area (Å²) in [5.41, 5.74) is 2.54. The van der Waals surface area contributed by atoms with Gasteiger partial charge >= 0.3 is 0 Å². The lowest BCUT2D eigenvalue weighted by atomic mass is 9.94. The Kier molecular flexibility index (Phi) is 3.44. The molecule has 0 aliphatic rings. The predicted octanol–water partition coefficient (Wildman–Crippen LogP) is 5.10. The van der Waals surface area contributed by atoms with Crippen molar-refractivity contribution in [1.82, 2.24) is 0 Å². The number of fused-ring (bicyclic) bond motifs is 2. The molecule has 0 fully saturated rings. The van der Waals surface area contributed by atoms with Crippen molar-refractivity contribution in [2.75, 3.05) is 0 Å². The van der Waals surface area contributed by atoms with Crippen LogP contribution >= 0.6 is 0 Å². The van der Waals surface area contributed by atoms with Gasteiger partial charge in [0.1, 0.15) is 23.0 Å². The maximum atomic E-state index is 10.8. The molecular formula is C22H18O4. The van der Waals surface area contributed by atoms with E-state index < -0.39 is 0 Å². The third-order valence-electron chi connectivity index (χ3n) is 4.72. The van der Waals surface area contributed by atoms with E-state index in [1.54, 1.807) is 36.4 Å². The van der Waals surface area contributed by atoms with Crippen molar-refractivity contribution in [2.24, 2.45) is 0 Å². The van der Waals surface area contributed by atoms with Crippen LogP contribution in [-0.2, 0) is 0 Å². The number of aryl methyl sites for hydroxylation is 2. The molecule has 0 heterocycles. The van der Waals surface area contributed by atoms with Crippen molar-refractivity contribution in [3.8, 4) is 34.1 Å². The molecule has 0 radical (unpaired) electrons. The van der Waals surface area contributed by atoms with Crippen molar-refractivity contribution < 1.29 is 20.4 Å². The number of hydrogen-bond acceptors (Lipinski definition) is 4. The van der Waals surface area contributed by atoms with E-state index in [0.29, 0.717) is 32.7 Å². The Bertz CT molecular complexity index is 1100. The number of phenolic OH excluding ortho intramolecular Hbond substituents is 4. The molecule has 4 heteroatoms. The van der Waals surface area contributed by atoms with Gasteiger partial charge in [0.25, 0.3) is 0 Å². The van der Waals surface area contributed by atoms with E-state index >= 15 is 0 Å². The van der Waals surface area contributed by atoms with E-state index in [2.05, 4.69) is 0 Å². The maximum absolute atomic E-state index is 10.8. The van der Waals surface area contributed by atoms with Gasteiger partial charge in [0.15, 0.2) is 0 Å². The van der Waals surface area contributed by atoms with Gasteiger partial charge in [-0.05, 0) is 60.0 Å². The smallest absolute Gasteiger partial charge is 0.135 e. The van der Waals surface area contributed by atoms with E-state index in [0.717, 1.165) is 11.1 Å². The zero-order valence-corrected chi connectivity index (χ0v) is 14.4. The fourth-order valence-corrected chi connectivity index (χ4v) is 3.58. The summed E-state index contributed by atoms with van der Waals surface area (Å²) >= 11 is 0. The molecule has 0 atom stereocenters. The first-order chi connectivity index (χ1) is 12.4. The standard InChI is InChI=1S/C22H18O4/c1-11-7-13-3-5-15(21(25)19(13)17(23)9-11)16-6-4-14-8-12(2)10-18(24)20(14)22(16)26/h3-10,23-26H,1-2H3. The monoisotopic (exact) mass is 346 g/mol. The van der Waals surface area contributed by atoms with Crippen molar-refractivity contribution in [1.29, 1.82) is 0 Å². The first kappa shape index (κ1) is 16.1. The summed E-state index contributed by atoms with van der Waals surface area (Å²) < 4.78 is 0. The lowest BCUT2D eigenvalue weighted by Gasteiger charge is -2.14. The quantitative estimate of drug-likeness (QED) is 0.386. The van der Waals surface area contributed by atoms with Crippen molar-refractivity contribution in [2.45, 2.75) is 13.8 Å². The normalized spacial score (nSPS) is 11.3. The Morgan fingerprint density at radius 3 is 1.31 bits per heavy atom. The Morgan fingerprint density at radius 1 is 0.538 bits per heavy atom. The number of hydrogen-bond donors (Lipinski definition) is 4. The van der Waals surface area contributed by atoms with Gasteiger partial charge in [-0.3, -0.25) is 0 Å². The molecule has 0 aliphatic heterocycles. The zero-order chi connectivity index (χ0) is 18.6. The summed E-state index contributed by atoms with van der Waals surface area (Å²) in [4.78, 5) is 0. The van der Waals surface area contributed by atoms with Crippen molar-refractivity contribution >= 4 is 21.5 Å². The first-order valence-electron chi connectivity index (χ1n) is 8.28. The second-order valence-electron chi connectivity index (χ2n) is 6.69. The molecule has 0 saturated carbocycles. The van der Waals surface area contributed by atoms with Crippen LogP contribution in [0.2, 0.25) is 0 Å². The lowest BCUT2D eigenvalue weighted by Crippen LogP contribution is -1.87. The summed E-state index contributed by atoms with van der Waals surface area (Å²) in [6.07, 6.45) is 0. The van der Waals surface area contributed by atoms with Gasteiger partial charge in [-0.25, -0.2) is 0 Å². The number of rotatable bonds is 1. The van der Waals surface area contributed by atoms with Crippen LogP contribution in [0.3, 0.4) is 0 Å². The molecule has 4 aromatic carbocycles. The number of benzene rings is 4. The summed E-state index contributed by atoms with van der Waals surface area (Å²) in [5, 5.41) is 44.1. The minimum absolute atomic E-state index is 0.0156. The first-order valence-corrected chi connectivity index (χ1v) is 8.28. The van der Waals surface area contributed by atoms with E-state index in [4.69, 9.17) is 0 Å². The van der Waals surface area contributed by atoms with Gasteiger partial charge < -0.3 is 20.4 Å². The van der Waals surface area contributed by atoms with Crippen LogP contribution in [0.5, 0.6) is 23.0 Å². The van der Waals surface area contributed by atoms with Gasteiger partial charge in [0.2, 0.25) is 0 Å². The SMILES string of the molecule is Cc1cc(O)c2c(O)c(-c3ccc4cc(C)cc(O)c4c3O)ccc2c1. The Labute approximate surface area is 150 Å². The second kappa shape index (κ2) is 5.56. The minimum atomic E-state index is -0.110. The molecule has 0 aromatic heterocycles. The van der Waals surface area contributed by atoms with E-state index in [1.807, 2.05) is 26.0 Å². The molecule has 4 aromatic rings. The molecule has 0 unspecified atom stereocenters. The third kappa shape index (κ3) is 2.30. The van der Waals surface area contributed by atoms with Crippen LogP contribution in [0, 0.1) is 13.8 Å². The second-order valence-corrected chi connectivity index (χ2v) is 6.69. The molecule has 0 aliphatic carbocycles. The largest absolute Gasteiger partial charge is 0.507 e. The maximum Gasteiger partial charge on any atom is 0.135 e. The fraction of sp³-hybridized carbons (Fsp3) is 0.0909. The average Bonchev–Trinajstić information content (AvgIpc) is 2.55. The van der Waals surface area contributed by atoms with Gasteiger partial charge in [0, 0.05) is 11.1 Å². The predicted molar refractivity (Wildman–Crippen MR) is 103 cm³/mol. The molecule has 0 spiro atoms. The summed E-state index contributed by atoms with van der Waals surface area (Å²) in [5.74, 6) is -0.251. The van der Waals surface area contributed by atoms with E-state index in [-0.39, 0.29) is 23.0 Å². The van der Waals surface area contributed by atoms with E-state index in [1.165, 1.54) is 0 Å². The van der Waals surface area contributed by atoms with Crippen LogP contribution in [-0.4, -0.2) is 20.4 Å². The highest BCUT2D eigenvalue weighted by Crippen LogP contribution is 2.46. The minimum Gasteiger partial charge on any atom is -0.507 e. The van der Waals surface area contributed by atoms with Crippen LogP contribution in [0.1, 0.15) is 11.1 Å².